The van der Waals surface area contributed by atoms with Gasteiger partial charge in [0.05, 0.1) is 6.42 Å². The molecule has 0 aliphatic carbocycles. The molecule has 0 spiro atoms. The summed E-state index contributed by atoms with van der Waals surface area (Å²) in [5, 5.41) is 6.30. The molecular weight excluding hydrogens is 292 g/mol. The van der Waals surface area contributed by atoms with Crippen molar-refractivity contribution in [1.29, 1.82) is 0 Å². The number of hydrogen-bond acceptors (Lipinski definition) is 4. The zero-order valence-electron chi connectivity index (χ0n) is 12.7. The summed E-state index contributed by atoms with van der Waals surface area (Å²) in [6.07, 6.45) is 0.336. The fourth-order valence-corrected chi connectivity index (χ4v) is 2.96. The van der Waals surface area contributed by atoms with E-state index in [-0.39, 0.29) is 12.7 Å². The molecule has 2 aliphatic rings. The van der Waals surface area contributed by atoms with E-state index in [9.17, 15) is 4.79 Å². The molecule has 2 heterocycles. The number of ether oxygens (including phenoxy) is 2. The van der Waals surface area contributed by atoms with Crippen molar-refractivity contribution in [3.63, 3.8) is 0 Å². The van der Waals surface area contributed by atoms with Crippen molar-refractivity contribution in [3.05, 3.63) is 58.7 Å². The predicted octanol–water partition coefficient (Wildman–Crippen LogP) is 1.88. The Morgan fingerprint density at radius 1 is 1.00 bits per heavy atom. The van der Waals surface area contributed by atoms with Gasteiger partial charge in [0, 0.05) is 19.6 Å². The number of hydrogen-bond donors (Lipinski definition) is 2. The van der Waals surface area contributed by atoms with E-state index in [0.717, 1.165) is 30.0 Å². The van der Waals surface area contributed by atoms with Crippen LogP contribution in [-0.4, -0.2) is 12.7 Å². The van der Waals surface area contributed by atoms with E-state index in [1.54, 1.807) is 0 Å². The molecule has 0 unspecified atom stereocenters. The summed E-state index contributed by atoms with van der Waals surface area (Å²) in [7, 11) is 0. The number of fused-ring (bicyclic) bond motifs is 2. The Kier molecular flexibility index (Phi) is 3.63. The SMILES string of the molecule is O=C(Cc1ccc2c(c1)OCO2)NCc1ccc2c(c1)CNC2. The van der Waals surface area contributed by atoms with Gasteiger partial charge in [-0.2, -0.15) is 0 Å². The summed E-state index contributed by atoms with van der Waals surface area (Å²) in [5.41, 5.74) is 4.73. The topological polar surface area (TPSA) is 59.6 Å². The summed E-state index contributed by atoms with van der Waals surface area (Å²) < 4.78 is 10.6. The fraction of sp³-hybridized carbons (Fsp3) is 0.278. The van der Waals surface area contributed by atoms with Gasteiger partial charge in [-0.15, -0.1) is 0 Å². The van der Waals surface area contributed by atoms with Crippen LogP contribution < -0.4 is 20.1 Å². The highest BCUT2D eigenvalue weighted by Crippen LogP contribution is 2.32. The van der Waals surface area contributed by atoms with E-state index in [1.165, 1.54) is 11.1 Å². The van der Waals surface area contributed by atoms with Gasteiger partial charge in [0.15, 0.2) is 11.5 Å². The monoisotopic (exact) mass is 310 g/mol. The lowest BCUT2D eigenvalue weighted by atomic mass is 10.1. The molecule has 0 atom stereocenters. The Hall–Kier alpha value is -2.53. The third kappa shape index (κ3) is 3.00. The number of amides is 1. The van der Waals surface area contributed by atoms with Gasteiger partial charge in [0.25, 0.3) is 0 Å². The molecule has 2 aromatic carbocycles. The first-order chi connectivity index (χ1) is 11.3. The van der Waals surface area contributed by atoms with Crippen LogP contribution in [-0.2, 0) is 30.8 Å². The van der Waals surface area contributed by atoms with Gasteiger partial charge in [0.1, 0.15) is 0 Å². The first-order valence-electron chi connectivity index (χ1n) is 7.74. The van der Waals surface area contributed by atoms with Crippen molar-refractivity contribution < 1.29 is 14.3 Å². The first-order valence-corrected chi connectivity index (χ1v) is 7.74. The molecule has 4 rings (SSSR count). The first kappa shape index (κ1) is 14.1. The number of rotatable bonds is 4. The summed E-state index contributed by atoms with van der Waals surface area (Å²) >= 11 is 0. The van der Waals surface area contributed by atoms with Crippen LogP contribution in [0.25, 0.3) is 0 Å². The van der Waals surface area contributed by atoms with Crippen LogP contribution in [0.5, 0.6) is 11.5 Å². The van der Waals surface area contributed by atoms with Crippen LogP contribution >= 0.6 is 0 Å². The fourth-order valence-electron chi connectivity index (χ4n) is 2.96. The van der Waals surface area contributed by atoms with E-state index in [4.69, 9.17) is 9.47 Å². The Morgan fingerprint density at radius 3 is 2.78 bits per heavy atom. The quantitative estimate of drug-likeness (QED) is 0.905. The van der Waals surface area contributed by atoms with Gasteiger partial charge in [-0.3, -0.25) is 4.79 Å². The van der Waals surface area contributed by atoms with Gasteiger partial charge < -0.3 is 20.1 Å². The summed E-state index contributed by atoms with van der Waals surface area (Å²) in [6.45, 7) is 2.65. The Balaban J connectivity index is 1.35. The zero-order chi connectivity index (χ0) is 15.6. The van der Waals surface area contributed by atoms with Crippen LogP contribution in [0.2, 0.25) is 0 Å². The lowest BCUT2D eigenvalue weighted by molar-refractivity contribution is -0.120. The summed E-state index contributed by atoms with van der Waals surface area (Å²) in [6, 6.07) is 12.0. The summed E-state index contributed by atoms with van der Waals surface area (Å²) in [5.74, 6) is 1.45. The van der Waals surface area contributed by atoms with E-state index in [1.807, 2.05) is 18.2 Å². The van der Waals surface area contributed by atoms with Crippen LogP contribution in [0.15, 0.2) is 36.4 Å². The number of carbonyl (C=O) groups is 1. The third-order valence-electron chi connectivity index (χ3n) is 4.19. The maximum Gasteiger partial charge on any atom is 0.231 e. The predicted molar refractivity (Wildman–Crippen MR) is 85.1 cm³/mol. The molecule has 0 saturated carbocycles. The highest BCUT2D eigenvalue weighted by atomic mass is 16.7. The third-order valence-corrected chi connectivity index (χ3v) is 4.19. The molecule has 2 aromatic rings. The number of carbonyl (C=O) groups excluding carboxylic acids is 1. The number of benzene rings is 2. The van der Waals surface area contributed by atoms with E-state index < -0.39 is 0 Å². The minimum Gasteiger partial charge on any atom is -0.454 e. The largest absolute Gasteiger partial charge is 0.454 e. The molecule has 5 heteroatoms. The minimum absolute atomic E-state index is 0.00230. The average molecular weight is 310 g/mol. The van der Waals surface area contributed by atoms with Gasteiger partial charge in [-0.1, -0.05) is 24.3 Å². The normalized spacial score (nSPS) is 14.6. The van der Waals surface area contributed by atoms with Crippen LogP contribution in [0, 0.1) is 0 Å². The van der Waals surface area contributed by atoms with Crippen LogP contribution in [0.3, 0.4) is 0 Å². The molecule has 5 nitrogen and oxygen atoms in total. The molecule has 23 heavy (non-hydrogen) atoms. The lowest BCUT2D eigenvalue weighted by Crippen LogP contribution is -2.24. The Labute approximate surface area is 134 Å². The Morgan fingerprint density at radius 2 is 1.83 bits per heavy atom. The second-order valence-electron chi connectivity index (χ2n) is 5.85. The highest BCUT2D eigenvalue weighted by molar-refractivity contribution is 5.78. The second-order valence-corrected chi connectivity index (χ2v) is 5.85. The minimum atomic E-state index is 0.00230. The van der Waals surface area contributed by atoms with Gasteiger partial charge in [0.2, 0.25) is 12.7 Å². The molecule has 2 N–H and O–H groups in total. The van der Waals surface area contributed by atoms with E-state index in [0.29, 0.717) is 18.7 Å². The molecule has 0 radical (unpaired) electrons. The van der Waals surface area contributed by atoms with E-state index >= 15 is 0 Å². The summed E-state index contributed by atoms with van der Waals surface area (Å²) in [4.78, 5) is 12.1. The lowest BCUT2D eigenvalue weighted by Gasteiger charge is -2.08. The van der Waals surface area contributed by atoms with Crippen molar-refractivity contribution in [3.8, 4) is 11.5 Å². The van der Waals surface area contributed by atoms with Gasteiger partial charge >= 0.3 is 0 Å². The van der Waals surface area contributed by atoms with Crippen molar-refractivity contribution in [2.75, 3.05) is 6.79 Å². The molecular formula is C18H18N2O3. The maximum absolute atomic E-state index is 12.1. The molecule has 2 aliphatic heterocycles. The van der Waals surface area contributed by atoms with Crippen molar-refractivity contribution >= 4 is 5.91 Å². The molecule has 0 saturated heterocycles. The number of nitrogens with one attached hydrogen (secondary N) is 2. The van der Waals surface area contributed by atoms with Crippen molar-refractivity contribution in [2.45, 2.75) is 26.1 Å². The molecule has 0 aromatic heterocycles. The molecule has 1 amide bonds. The highest BCUT2D eigenvalue weighted by Gasteiger charge is 2.15. The maximum atomic E-state index is 12.1. The van der Waals surface area contributed by atoms with Crippen molar-refractivity contribution in [1.82, 2.24) is 10.6 Å². The Bertz CT molecular complexity index is 758. The van der Waals surface area contributed by atoms with Crippen LogP contribution in [0.1, 0.15) is 22.3 Å². The molecule has 0 fully saturated rings. The molecule has 0 bridgehead atoms. The van der Waals surface area contributed by atoms with Crippen molar-refractivity contribution in [2.24, 2.45) is 0 Å². The standard InChI is InChI=1S/C18H18N2O3/c21-18(7-12-2-4-16-17(6-12)23-11-22-16)20-8-13-1-3-14-9-19-10-15(14)5-13/h1-6,19H,7-11H2,(H,20,21). The smallest absolute Gasteiger partial charge is 0.231 e. The average Bonchev–Trinajstić information content (AvgIpc) is 3.20. The molecule has 118 valence electrons. The van der Waals surface area contributed by atoms with Gasteiger partial charge in [-0.25, -0.2) is 0 Å². The van der Waals surface area contributed by atoms with Gasteiger partial charge in [-0.05, 0) is 34.4 Å². The zero-order valence-corrected chi connectivity index (χ0v) is 12.7. The van der Waals surface area contributed by atoms with E-state index in [2.05, 4.69) is 28.8 Å². The second kappa shape index (κ2) is 5.93. The van der Waals surface area contributed by atoms with Crippen LogP contribution in [0.4, 0.5) is 0 Å².